The van der Waals surface area contributed by atoms with Gasteiger partial charge in [0, 0.05) is 18.3 Å². The van der Waals surface area contributed by atoms with Crippen molar-refractivity contribution in [1.29, 1.82) is 0 Å². The number of aromatic amines is 1. The average Bonchev–Trinajstić information content (AvgIpc) is 2.63. The van der Waals surface area contributed by atoms with Crippen LogP contribution in [0, 0.1) is 0 Å². The van der Waals surface area contributed by atoms with Gasteiger partial charge in [-0.2, -0.15) is 0 Å². The molecule has 1 aromatic carbocycles. The summed E-state index contributed by atoms with van der Waals surface area (Å²) in [6.45, 7) is 0.256. The zero-order valence-corrected chi connectivity index (χ0v) is 7.20. The lowest BCUT2D eigenvalue weighted by molar-refractivity contribution is 0.187. The quantitative estimate of drug-likeness (QED) is 0.643. The first kappa shape index (κ1) is 8.29. The molecule has 0 spiro atoms. The summed E-state index contributed by atoms with van der Waals surface area (Å²) in [7, 11) is 0. The molecule has 1 heterocycles. The molecule has 3 heteroatoms. The van der Waals surface area contributed by atoms with E-state index >= 15 is 0 Å². The predicted octanol–water partition coefficient (Wildman–Crippen LogP) is 1.16. The molecular weight excluding hydrogens is 164 g/mol. The minimum atomic E-state index is -0.562. The molecule has 0 bridgehead atoms. The fraction of sp³-hybridized carbons (Fsp3) is 0.200. The summed E-state index contributed by atoms with van der Waals surface area (Å²) in [6.07, 6.45) is 1.32. The van der Waals surface area contributed by atoms with Crippen molar-refractivity contribution in [2.75, 3.05) is 6.54 Å². The first-order valence-corrected chi connectivity index (χ1v) is 4.26. The van der Waals surface area contributed by atoms with Gasteiger partial charge in [-0.25, -0.2) is 0 Å². The van der Waals surface area contributed by atoms with Crippen molar-refractivity contribution in [2.24, 2.45) is 5.73 Å². The van der Waals surface area contributed by atoms with E-state index in [-0.39, 0.29) is 6.54 Å². The van der Waals surface area contributed by atoms with Crippen LogP contribution < -0.4 is 5.73 Å². The van der Waals surface area contributed by atoms with Crippen LogP contribution >= 0.6 is 0 Å². The highest BCUT2D eigenvalue weighted by Gasteiger charge is 2.05. The highest BCUT2D eigenvalue weighted by Crippen LogP contribution is 2.18. The van der Waals surface area contributed by atoms with Gasteiger partial charge in [-0.15, -0.1) is 0 Å². The molecule has 0 saturated heterocycles. The largest absolute Gasteiger partial charge is 0.387 e. The molecule has 1 atom stereocenters. The van der Waals surface area contributed by atoms with Gasteiger partial charge in [0.05, 0.1) is 6.10 Å². The molecule has 0 unspecified atom stereocenters. The number of aromatic nitrogens is 1. The molecule has 3 nitrogen and oxygen atoms in total. The van der Waals surface area contributed by atoms with E-state index in [0.717, 1.165) is 16.5 Å². The van der Waals surface area contributed by atoms with Crippen molar-refractivity contribution < 1.29 is 5.11 Å². The Kier molecular flexibility index (Phi) is 2.04. The van der Waals surface area contributed by atoms with E-state index in [9.17, 15) is 5.11 Å². The minimum Gasteiger partial charge on any atom is -0.387 e. The smallest absolute Gasteiger partial charge is 0.0912 e. The first-order valence-electron chi connectivity index (χ1n) is 4.26. The minimum absolute atomic E-state index is 0.256. The van der Waals surface area contributed by atoms with Crippen molar-refractivity contribution in [3.05, 3.63) is 36.0 Å². The van der Waals surface area contributed by atoms with Gasteiger partial charge in [0.25, 0.3) is 0 Å². The second-order valence-corrected chi connectivity index (χ2v) is 3.08. The zero-order valence-electron chi connectivity index (χ0n) is 7.20. The Hall–Kier alpha value is -1.32. The summed E-state index contributed by atoms with van der Waals surface area (Å²) in [4.78, 5) is 3.09. The summed E-state index contributed by atoms with van der Waals surface area (Å²) in [5.74, 6) is 0. The maximum absolute atomic E-state index is 9.49. The predicted molar refractivity (Wildman–Crippen MR) is 52.3 cm³/mol. The second-order valence-electron chi connectivity index (χ2n) is 3.08. The van der Waals surface area contributed by atoms with Crippen molar-refractivity contribution in [3.63, 3.8) is 0 Å². The van der Waals surface area contributed by atoms with Crippen LogP contribution in [0.4, 0.5) is 0 Å². The van der Waals surface area contributed by atoms with Crippen molar-refractivity contribution >= 4 is 10.9 Å². The maximum Gasteiger partial charge on any atom is 0.0912 e. The number of nitrogens with two attached hydrogens (primary N) is 1. The van der Waals surface area contributed by atoms with Crippen LogP contribution in [0.5, 0.6) is 0 Å². The van der Waals surface area contributed by atoms with E-state index < -0.39 is 6.10 Å². The fourth-order valence-electron chi connectivity index (χ4n) is 1.41. The van der Waals surface area contributed by atoms with Gasteiger partial charge >= 0.3 is 0 Å². The topological polar surface area (TPSA) is 62.0 Å². The number of hydrogen-bond acceptors (Lipinski definition) is 2. The van der Waals surface area contributed by atoms with E-state index in [1.54, 1.807) is 0 Å². The third-order valence-electron chi connectivity index (χ3n) is 2.19. The summed E-state index contributed by atoms with van der Waals surface area (Å²) >= 11 is 0. The molecule has 0 aliphatic carbocycles. The number of fused-ring (bicyclic) bond motifs is 1. The van der Waals surface area contributed by atoms with Crippen LogP contribution in [0.2, 0.25) is 0 Å². The number of aliphatic hydroxyl groups excluding tert-OH is 1. The first-order chi connectivity index (χ1) is 6.31. The van der Waals surface area contributed by atoms with Crippen LogP contribution in [0.15, 0.2) is 30.5 Å². The third-order valence-corrected chi connectivity index (χ3v) is 2.19. The SMILES string of the molecule is NC[C@H](O)c1ccc2cc[nH]c2c1. The lowest BCUT2D eigenvalue weighted by Crippen LogP contribution is -2.11. The molecular formula is C10H12N2O. The van der Waals surface area contributed by atoms with Crippen molar-refractivity contribution in [1.82, 2.24) is 4.98 Å². The Balaban J connectivity index is 2.48. The summed E-state index contributed by atoms with van der Waals surface area (Å²) in [6, 6.07) is 7.79. The number of hydrogen-bond donors (Lipinski definition) is 3. The molecule has 68 valence electrons. The molecule has 2 aromatic rings. The Bertz CT molecular complexity index is 408. The number of nitrogens with one attached hydrogen (secondary N) is 1. The molecule has 4 N–H and O–H groups in total. The molecule has 1 aromatic heterocycles. The molecule has 0 aliphatic heterocycles. The lowest BCUT2D eigenvalue weighted by atomic mass is 10.1. The molecule has 0 amide bonds. The molecule has 0 fully saturated rings. The van der Waals surface area contributed by atoms with E-state index in [1.165, 1.54) is 0 Å². The van der Waals surface area contributed by atoms with Gasteiger partial charge in [-0.1, -0.05) is 12.1 Å². The van der Waals surface area contributed by atoms with Crippen LogP contribution in [-0.4, -0.2) is 16.6 Å². The van der Waals surface area contributed by atoms with E-state index in [1.807, 2.05) is 30.5 Å². The summed E-state index contributed by atoms with van der Waals surface area (Å²) in [5, 5.41) is 10.6. The van der Waals surface area contributed by atoms with Crippen LogP contribution in [0.3, 0.4) is 0 Å². The number of rotatable bonds is 2. The van der Waals surface area contributed by atoms with E-state index in [4.69, 9.17) is 5.73 Å². The molecule has 0 radical (unpaired) electrons. The van der Waals surface area contributed by atoms with Gasteiger partial charge in [0.1, 0.15) is 0 Å². The van der Waals surface area contributed by atoms with Crippen molar-refractivity contribution in [3.8, 4) is 0 Å². The monoisotopic (exact) mass is 176 g/mol. The number of benzene rings is 1. The Morgan fingerprint density at radius 2 is 2.23 bits per heavy atom. The Morgan fingerprint density at radius 1 is 1.38 bits per heavy atom. The third kappa shape index (κ3) is 1.43. The highest BCUT2D eigenvalue weighted by molar-refractivity contribution is 5.79. The van der Waals surface area contributed by atoms with Gasteiger partial charge in [-0.3, -0.25) is 0 Å². The fourth-order valence-corrected chi connectivity index (χ4v) is 1.41. The maximum atomic E-state index is 9.49. The number of aliphatic hydroxyl groups is 1. The summed E-state index contributed by atoms with van der Waals surface area (Å²) in [5.41, 5.74) is 7.25. The summed E-state index contributed by atoms with van der Waals surface area (Å²) < 4.78 is 0. The van der Waals surface area contributed by atoms with Gasteiger partial charge in [-0.05, 0) is 23.1 Å². The number of H-pyrrole nitrogens is 1. The molecule has 0 saturated carbocycles. The molecule has 0 aliphatic rings. The van der Waals surface area contributed by atoms with E-state index in [0.29, 0.717) is 0 Å². The van der Waals surface area contributed by atoms with Gasteiger partial charge in [0.2, 0.25) is 0 Å². The van der Waals surface area contributed by atoms with E-state index in [2.05, 4.69) is 4.98 Å². The second kappa shape index (κ2) is 3.20. The normalized spacial score (nSPS) is 13.4. The van der Waals surface area contributed by atoms with Gasteiger partial charge in [0.15, 0.2) is 0 Å². The lowest BCUT2D eigenvalue weighted by Gasteiger charge is -2.07. The zero-order chi connectivity index (χ0) is 9.26. The Morgan fingerprint density at radius 3 is 3.00 bits per heavy atom. The highest BCUT2D eigenvalue weighted by atomic mass is 16.3. The molecule has 13 heavy (non-hydrogen) atoms. The Labute approximate surface area is 76.2 Å². The average molecular weight is 176 g/mol. The van der Waals surface area contributed by atoms with Crippen LogP contribution in [-0.2, 0) is 0 Å². The van der Waals surface area contributed by atoms with Crippen LogP contribution in [0.25, 0.3) is 10.9 Å². The van der Waals surface area contributed by atoms with Gasteiger partial charge < -0.3 is 15.8 Å². The van der Waals surface area contributed by atoms with Crippen molar-refractivity contribution in [2.45, 2.75) is 6.10 Å². The standard InChI is InChI=1S/C10H12N2O/c11-6-10(13)8-2-1-7-3-4-12-9(7)5-8/h1-5,10,12-13H,6,11H2/t10-/m0/s1. The van der Waals surface area contributed by atoms with Crippen LogP contribution in [0.1, 0.15) is 11.7 Å². The molecule has 2 rings (SSSR count).